The highest BCUT2D eigenvalue weighted by atomic mass is 16.7. The number of carbonyl (C=O) groups is 1. The molecule has 4 aliphatic rings. The predicted octanol–water partition coefficient (Wildman–Crippen LogP) is 3.30. The zero-order valence-electron chi connectivity index (χ0n) is 13.8. The fourth-order valence-corrected chi connectivity index (χ4v) is 5.10. The maximum absolute atomic E-state index is 12.6. The minimum absolute atomic E-state index is 0.264. The van der Waals surface area contributed by atoms with Gasteiger partial charge in [0, 0.05) is 30.3 Å². The lowest BCUT2D eigenvalue weighted by atomic mass is 9.85. The van der Waals surface area contributed by atoms with Crippen LogP contribution in [0.25, 0.3) is 5.70 Å². The number of ketones is 1. The van der Waals surface area contributed by atoms with Crippen molar-refractivity contribution in [3.8, 4) is 11.5 Å². The average Bonchev–Trinajstić information content (AvgIpc) is 3.29. The SMILES string of the molecule is O=C(/C=C1\NCCc2cc3c(cc21)OCO3)C[C@H]1C[C@@H]2CC[C@H]1C2. The summed E-state index contributed by atoms with van der Waals surface area (Å²) in [7, 11) is 0. The lowest BCUT2D eigenvalue weighted by Gasteiger charge is -2.23. The molecule has 2 fully saturated rings. The molecule has 4 nitrogen and oxygen atoms in total. The van der Waals surface area contributed by atoms with Gasteiger partial charge in [-0.25, -0.2) is 0 Å². The average molecular weight is 325 g/mol. The quantitative estimate of drug-likeness (QED) is 0.866. The molecule has 0 saturated heterocycles. The normalized spacial score (nSPS) is 31.2. The van der Waals surface area contributed by atoms with E-state index in [4.69, 9.17) is 9.47 Å². The standard InChI is InChI=1S/C20H23NO3/c22-16(7-15-6-12-1-2-13(15)5-12)9-18-17-10-20-19(23-11-24-20)8-14(17)3-4-21-18/h8-10,12-13,15,21H,1-7,11H2/b18-9-/t12-,13+,15-/m1/s1. The Bertz CT molecular complexity index is 724. The molecule has 1 N–H and O–H groups in total. The second kappa shape index (κ2) is 5.54. The molecule has 2 heterocycles. The van der Waals surface area contributed by atoms with Crippen LogP contribution in [0.15, 0.2) is 18.2 Å². The van der Waals surface area contributed by atoms with Gasteiger partial charge in [0.2, 0.25) is 6.79 Å². The molecular formula is C20H23NO3. The van der Waals surface area contributed by atoms with E-state index in [2.05, 4.69) is 11.4 Å². The van der Waals surface area contributed by atoms with Crippen molar-refractivity contribution in [1.82, 2.24) is 5.32 Å². The summed E-state index contributed by atoms with van der Waals surface area (Å²) in [5.41, 5.74) is 3.27. The first-order valence-electron chi connectivity index (χ1n) is 9.17. The molecular weight excluding hydrogens is 302 g/mol. The summed E-state index contributed by atoms with van der Waals surface area (Å²) in [6.45, 7) is 1.15. The third kappa shape index (κ3) is 2.40. The summed E-state index contributed by atoms with van der Waals surface area (Å²) in [6.07, 6.45) is 8.84. The Morgan fingerprint density at radius 1 is 1.21 bits per heavy atom. The van der Waals surface area contributed by atoms with E-state index in [1.54, 1.807) is 0 Å². The Labute approximate surface area is 142 Å². The van der Waals surface area contributed by atoms with E-state index in [9.17, 15) is 4.79 Å². The topological polar surface area (TPSA) is 47.6 Å². The Balaban J connectivity index is 1.37. The van der Waals surface area contributed by atoms with E-state index in [0.717, 1.165) is 47.6 Å². The first-order chi connectivity index (χ1) is 11.8. The molecule has 24 heavy (non-hydrogen) atoms. The van der Waals surface area contributed by atoms with E-state index in [1.165, 1.54) is 31.2 Å². The minimum Gasteiger partial charge on any atom is -0.454 e. The van der Waals surface area contributed by atoms with Crippen molar-refractivity contribution >= 4 is 11.5 Å². The van der Waals surface area contributed by atoms with Crippen molar-refractivity contribution in [2.45, 2.75) is 38.5 Å². The summed E-state index contributed by atoms with van der Waals surface area (Å²) >= 11 is 0. The lowest BCUT2D eigenvalue weighted by molar-refractivity contribution is -0.115. The fourth-order valence-electron chi connectivity index (χ4n) is 5.10. The van der Waals surface area contributed by atoms with Crippen LogP contribution in [0.2, 0.25) is 0 Å². The lowest BCUT2D eigenvalue weighted by Crippen LogP contribution is -2.24. The number of benzene rings is 1. The van der Waals surface area contributed by atoms with Crippen molar-refractivity contribution in [2.24, 2.45) is 17.8 Å². The Kier molecular flexibility index (Phi) is 3.32. The molecule has 0 aromatic heterocycles. The molecule has 0 unspecified atom stereocenters. The van der Waals surface area contributed by atoms with Gasteiger partial charge in [0.05, 0.1) is 0 Å². The predicted molar refractivity (Wildman–Crippen MR) is 90.8 cm³/mol. The van der Waals surface area contributed by atoms with E-state index < -0.39 is 0 Å². The largest absolute Gasteiger partial charge is 0.454 e. The van der Waals surface area contributed by atoms with Gasteiger partial charge < -0.3 is 14.8 Å². The zero-order valence-corrected chi connectivity index (χ0v) is 13.8. The first-order valence-corrected chi connectivity index (χ1v) is 9.17. The monoisotopic (exact) mass is 325 g/mol. The van der Waals surface area contributed by atoms with Gasteiger partial charge in [-0.05, 0) is 61.1 Å². The highest BCUT2D eigenvalue weighted by molar-refractivity contribution is 5.97. The van der Waals surface area contributed by atoms with Crippen molar-refractivity contribution in [3.63, 3.8) is 0 Å². The minimum atomic E-state index is 0.264. The van der Waals surface area contributed by atoms with E-state index in [-0.39, 0.29) is 12.6 Å². The van der Waals surface area contributed by atoms with Crippen molar-refractivity contribution < 1.29 is 14.3 Å². The van der Waals surface area contributed by atoms with Crippen LogP contribution in [0.1, 0.15) is 43.2 Å². The van der Waals surface area contributed by atoms with Crippen LogP contribution in [0, 0.1) is 17.8 Å². The molecule has 1 aromatic rings. The molecule has 0 radical (unpaired) electrons. The summed E-state index contributed by atoms with van der Waals surface area (Å²) in [4.78, 5) is 12.6. The second-order valence-corrected chi connectivity index (χ2v) is 7.70. The van der Waals surface area contributed by atoms with Crippen LogP contribution in [0.5, 0.6) is 11.5 Å². The summed E-state index contributed by atoms with van der Waals surface area (Å²) in [6, 6.07) is 4.08. The molecule has 3 atom stereocenters. The zero-order chi connectivity index (χ0) is 16.1. The van der Waals surface area contributed by atoms with Gasteiger partial charge in [0.25, 0.3) is 0 Å². The van der Waals surface area contributed by atoms with Gasteiger partial charge in [-0.3, -0.25) is 4.79 Å². The molecule has 1 aromatic carbocycles. The molecule has 5 rings (SSSR count). The highest BCUT2D eigenvalue weighted by Crippen LogP contribution is 2.49. The van der Waals surface area contributed by atoms with Gasteiger partial charge >= 0.3 is 0 Å². The van der Waals surface area contributed by atoms with Gasteiger partial charge in [0.1, 0.15) is 0 Å². The van der Waals surface area contributed by atoms with E-state index in [0.29, 0.717) is 12.3 Å². The third-order valence-electron chi connectivity index (χ3n) is 6.25. The third-order valence-corrected chi connectivity index (χ3v) is 6.25. The molecule has 2 bridgehead atoms. The molecule has 2 aliphatic heterocycles. The smallest absolute Gasteiger partial charge is 0.231 e. The Hall–Kier alpha value is -1.97. The number of allylic oxidation sites excluding steroid dienone is 1. The van der Waals surface area contributed by atoms with E-state index >= 15 is 0 Å². The van der Waals surface area contributed by atoms with Crippen LogP contribution < -0.4 is 14.8 Å². The molecule has 2 saturated carbocycles. The van der Waals surface area contributed by atoms with Crippen LogP contribution in [-0.4, -0.2) is 19.1 Å². The van der Waals surface area contributed by atoms with Crippen molar-refractivity contribution in [1.29, 1.82) is 0 Å². The van der Waals surface area contributed by atoms with E-state index in [1.807, 2.05) is 12.1 Å². The molecule has 4 heteroatoms. The van der Waals surface area contributed by atoms with Crippen LogP contribution >= 0.6 is 0 Å². The molecule has 0 amide bonds. The van der Waals surface area contributed by atoms with Gasteiger partial charge in [-0.15, -0.1) is 0 Å². The molecule has 2 aliphatic carbocycles. The highest BCUT2D eigenvalue weighted by Gasteiger charge is 2.39. The number of rotatable bonds is 3. The summed E-state index contributed by atoms with van der Waals surface area (Å²) in [5, 5.41) is 3.40. The number of carbonyl (C=O) groups excluding carboxylic acids is 1. The maximum atomic E-state index is 12.6. The van der Waals surface area contributed by atoms with Gasteiger partial charge in [-0.1, -0.05) is 6.42 Å². The Morgan fingerprint density at radius 3 is 2.88 bits per heavy atom. The number of ether oxygens (including phenoxy) is 2. The van der Waals surface area contributed by atoms with Crippen LogP contribution in [-0.2, 0) is 11.2 Å². The van der Waals surface area contributed by atoms with Crippen LogP contribution in [0.4, 0.5) is 0 Å². The number of nitrogens with one attached hydrogen (secondary N) is 1. The van der Waals surface area contributed by atoms with Crippen molar-refractivity contribution in [3.05, 3.63) is 29.3 Å². The fraction of sp³-hybridized carbons (Fsp3) is 0.550. The number of hydrogen-bond acceptors (Lipinski definition) is 4. The molecule has 0 spiro atoms. The second-order valence-electron chi connectivity index (χ2n) is 7.70. The van der Waals surface area contributed by atoms with Crippen LogP contribution in [0.3, 0.4) is 0 Å². The first kappa shape index (κ1) is 14.4. The maximum Gasteiger partial charge on any atom is 0.231 e. The Morgan fingerprint density at radius 2 is 2.08 bits per heavy atom. The van der Waals surface area contributed by atoms with Crippen molar-refractivity contribution in [2.75, 3.05) is 13.3 Å². The van der Waals surface area contributed by atoms with Gasteiger partial charge in [-0.2, -0.15) is 0 Å². The summed E-state index contributed by atoms with van der Waals surface area (Å²) < 4.78 is 11.0. The number of hydrogen-bond donors (Lipinski definition) is 1. The number of fused-ring (bicyclic) bond motifs is 4. The molecule has 126 valence electrons. The van der Waals surface area contributed by atoms with Gasteiger partial charge in [0.15, 0.2) is 17.3 Å². The summed E-state index contributed by atoms with van der Waals surface area (Å²) in [5.74, 6) is 4.19.